The molecule has 1 amide bonds. The second kappa shape index (κ2) is 5.51. The molecule has 1 N–H and O–H groups in total. The van der Waals surface area contributed by atoms with Crippen LogP contribution in [0.5, 0.6) is 0 Å². The molecule has 0 heterocycles. The predicted molar refractivity (Wildman–Crippen MR) is 77.9 cm³/mol. The van der Waals surface area contributed by atoms with E-state index in [-0.39, 0.29) is 11.8 Å². The average molecular weight is 288 g/mol. The Labute approximate surface area is 125 Å². The number of hydrogen-bond donors (Lipinski definition) is 1. The maximum absolute atomic E-state index is 12.4. The van der Waals surface area contributed by atoms with Crippen LogP contribution in [0.4, 0.5) is 0 Å². The van der Waals surface area contributed by atoms with E-state index >= 15 is 0 Å². The highest BCUT2D eigenvalue weighted by molar-refractivity contribution is 5.83. The van der Waals surface area contributed by atoms with Crippen molar-refractivity contribution in [2.24, 2.45) is 16.7 Å². The van der Waals surface area contributed by atoms with Crippen molar-refractivity contribution < 1.29 is 14.7 Å². The van der Waals surface area contributed by atoms with Gasteiger partial charge in [-0.05, 0) is 23.8 Å². The summed E-state index contributed by atoms with van der Waals surface area (Å²) in [7, 11) is 0. The molecule has 0 aromatic heterocycles. The number of aliphatic carboxylic acids is 1. The minimum Gasteiger partial charge on any atom is -0.550 e. The minimum absolute atomic E-state index is 0.0752. The Kier molecular flexibility index (Phi) is 4.08. The van der Waals surface area contributed by atoms with Crippen LogP contribution in [0.15, 0.2) is 30.3 Å². The van der Waals surface area contributed by atoms with Crippen LogP contribution in [0, 0.1) is 16.7 Å². The van der Waals surface area contributed by atoms with Crippen molar-refractivity contribution >= 4 is 11.9 Å². The number of carbonyl (C=O) groups is 2. The van der Waals surface area contributed by atoms with Crippen LogP contribution in [0.1, 0.15) is 39.2 Å². The van der Waals surface area contributed by atoms with Crippen molar-refractivity contribution in [3.8, 4) is 0 Å². The van der Waals surface area contributed by atoms with E-state index in [1.165, 1.54) is 0 Å². The first-order valence-electron chi connectivity index (χ1n) is 7.32. The lowest BCUT2D eigenvalue weighted by atomic mass is 9.65. The van der Waals surface area contributed by atoms with Crippen LogP contribution in [0.25, 0.3) is 0 Å². The van der Waals surface area contributed by atoms with Crippen molar-refractivity contribution in [2.75, 3.05) is 0 Å². The first-order chi connectivity index (χ1) is 9.79. The highest BCUT2D eigenvalue weighted by atomic mass is 16.4. The van der Waals surface area contributed by atoms with Gasteiger partial charge in [0.15, 0.2) is 0 Å². The Morgan fingerprint density at radius 1 is 1.24 bits per heavy atom. The van der Waals surface area contributed by atoms with Crippen molar-refractivity contribution in [1.29, 1.82) is 0 Å². The van der Waals surface area contributed by atoms with Gasteiger partial charge in [0.25, 0.3) is 0 Å². The number of carboxylic acid groups (broad SMARTS) is 1. The van der Waals surface area contributed by atoms with Crippen molar-refractivity contribution in [2.45, 2.75) is 40.2 Å². The number of amides is 1. The number of carbonyl (C=O) groups excluding carboxylic acids is 2. The zero-order chi connectivity index (χ0) is 15.7. The van der Waals surface area contributed by atoms with Gasteiger partial charge in [0.2, 0.25) is 5.91 Å². The van der Waals surface area contributed by atoms with E-state index in [0.717, 1.165) is 5.56 Å². The molecule has 0 unspecified atom stereocenters. The Hall–Kier alpha value is -1.84. The van der Waals surface area contributed by atoms with Gasteiger partial charge >= 0.3 is 0 Å². The summed E-state index contributed by atoms with van der Waals surface area (Å²) in [5.74, 6) is -1.44. The molecule has 1 aromatic rings. The van der Waals surface area contributed by atoms with Gasteiger partial charge in [0.1, 0.15) is 0 Å². The molecule has 4 heteroatoms. The fourth-order valence-corrected chi connectivity index (χ4v) is 3.23. The molecule has 0 spiro atoms. The van der Waals surface area contributed by atoms with Gasteiger partial charge < -0.3 is 15.2 Å². The summed E-state index contributed by atoms with van der Waals surface area (Å²) in [4.78, 5) is 23.9. The molecule has 1 aliphatic carbocycles. The van der Waals surface area contributed by atoms with Gasteiger partial charge in [-0.2, -0.15) is 0 Å². The normalized spacial score (nSPS) is 27.3. The van der Waals surface area contributed by atoms with Gasteiger partial charge in [0.05, 0.1) is 0 Å². The molecule has 2 rings (SSSR count). The van der Waals surface area contributed by atoms with E-state index in [1.54, 1.807) is 6.92 Å². The lowest BCUT2D eigenvalue weighted by molar-refractivity contribution is -0.323. The van der Waals surface area contributed by atoms with Crippen LogP contribution < -0.4 is 10.4 Å². The second-order valence-electron chi connectivity index (χ2n) is 6.64. The highest BCUT2D eigenvalue weighted by Crippen LogP contribution is 2.55. The van der Waals surface area contributed by atoms with E-state index in [4.69, 9.17) is 0 Å². The molecule has 2 atom stereocenters. The molecule has 21 heavy (non-hydrogen) atoms. The summed E-state index contributed by atoms with van der Waals surface area (Å²) in [5, 5.41) is 14.4. The Morgan fingerprint density at radius 3 is 2.38 bits per heavy atom. The minimum atomic E-state index is -1.06. The zero-order valence-electron chi connectivity index (χ0n) is 12.8. The third-order valence-electron chi connectivity index (χ3n) is 5.30. The topological polar surface area (TPSA) is 69.2 Å². The first kappa shape index (κ1) is 15.5. The molecule has 1 aromatic carbocycles. The molecular weight excluding hydrogens is 266 g/mol. The Morgan fingerprint density at radius 2 is 1.86 bits per heavy atom. The van der Waals surface area contributed by atoms with Crippen molar-refractivity contribution in [1.82, 2.24) is 5.32 Å². The van der Waals surface area contributed by atoms with E-state index < -0.39 is 16.8 Å². The van der Waals surface area contributed by atoms with Crippen LogP contribution in [0.3, 0.4) is 0 Å². The third-order valence-corrected chi connectivity index (χ3v) is 5.30. The molecule has 114 valence electrons. The molecule has 0 aliphatic heterocycles. The lowest BCUT2D eigenvalue weighted by Crippen LogP contribution is -2.50. The maximum Gasteiger partial charge on any atom is 0.223 e. The maximum atomic E-state index is 12.4. The summed E-state index contributed by atoms with van der Waals surface area (Å²) < 4.78 is 0. The summed E-state index contributed by atoms with van der Waals surface area (Å²) in [6.45, 7) is 5.85. The standard InChI is InChI=1S/C17H23NO3/c1-16(2)13(9-10-17(16,3)15(20)21)14(19)18-11-12-7-5-4-6-8-12/h4-8,13H,9-11H2,1-3H3,(H,18,19)(H,20,21)/p-1/t13-,17+/m0/s1. The van der Waals surface area contributed by atoms with Gasteiger partial charge in [0, 0.05) is 23.8 Å². The van der Waals surface area contributed by atoms with E-state index in [0.29, 0.717) is 19.4 Å². The summed E-state index contributed by atoms with van der Waals surface area (Å²) in [6, 6.07) is 9.68. The van der Waals surface area contributed by atoms with Crippen LogP contribution in [-0.2, 0) is 16.1 Å². The number of carboxylic acids is 1. The second-order valence-corrected chi connectivity index (χ2v) is 6.64. The van der Waals surface area contributed by atoms with E-state index in [1.807, 2.05) is 44.2 Å². The molecular formula is C17H22NO3-. The number of hydrogen-bond acceptors (Lipinski definition) is 3. The summed E-state index contributed by atoms with van der Waals surface area (Å²) >= 11 is 0. The SMILES string of the molecule is CC1(C)[C@H](C(=O)NCc2ccccc2)CC[C@]1(C)C(=O)[O-]. The van der Waals surface area contributed by atoms with Crippen LogP contribution >= 0.6 is 0 Å². The molecule has 1 saturated carbocycles. The number of benzene rings is 1. The fraction of sp³-hybridized carbons (Fsp3) is 0.529. The quantitative estimate of drug-likeness (QED) is 0.912. The van der Waals surface area contributed by atoms with Crippen LogP contribution in [0.2, 0.25) is 0 Å². The Bertz CT molecular complexity index is 538. The first-order valence-corrected chi connectivity index (χ1v) is 7.32. The van der Waals surface area contributed by atoms with E-state index in [9.17, 15) is 14.7 Å². The molecule has 1 fully saturated rings. The number of nitrogens with one attached hydrogen (secondary N) is 1. The molecule has 1 aliphatic rings. The van der Waals surface area contributed by atoms with Gasteiger partial charge in [-0.25, -0.2) is 0 Å². The molecule has 0 bridgehead atoms. The third kappa shape index (κ3) is 2.67. The monoisotopic (exact) mass is 288 g/mol. The van der Waals surface area contributed by atoms with Gasteiger partial charge in [-0.1, -0.05) is 51.1 Å². The molecule has 0 saturated heterocycles. The van der Waals surface area contributed by atoms with Crippen molar-refractivity contribution in [3.63, 3.8) is 0 Å². The predicted octanol–water partition coefficient (Wildman–Crippen LogP) is 1.50. The molecule has 0 radical (unpaired) electrons. The van der Waals surface area contributed by atoms with Gasteiger partial charge in [-0.15, -0.1) is 0 Å². The summed E-state index contributed by atoms with van der Waals surface area (Å²) in [5.41, 5.74) is -0.543. The van der Waals surface area contributed by atoms with Crippen LogP contribution in [-0.4, -0.2) is 11.9 Å². The van der Waals surface area contributed by atoms with Crippen molar-refractivity contribution in [3.05, 3.63) is 35.9 Å². The van der Waals surface area contributed by atoms with E-state index in [2.05, 4.69) is 5.32 Å². The number of rotatable bonds is 4. The largest absolute Gasteiger partial charge is 0.550 e. The lowest BCUT2D eigenvalue weighted by Gasteiger charge is -2.41. The average Bonchev–Trinajstić information content (AvgIpc) is 2.69. The Balaban J connectivity index is 2.05. The fourth-order valence-electron chi connectivity index (χ4n) is 3.23. The molecule has 4 nitrogen and oxygen atoms in total. The van der Waals surface area contributed by atoms with Gasteiger partial charge in [-0.3, -0.25) is 4.79 Å². The highest BCUT2D eigenvalue weighted by Gasteiger charge is 2.54. The summed E-state index contributed by atoms with van der Waals surface area (Å²) in [6.07, 6.45) is 1.06. The smallest absolute Gasteiger partial charge is 0.223 e. The zero-order valence-corrected chi connectivity index (χ0v) is 12.8.